The molecule has 0 saturated carbocycles. The number of carbonyl (C=O) groups excluding carboxylic acids is 1. The molecule has 1 N–H and O–H groups in total. The SMILES string of the molecule is CC(C)(C)C(=O)N1CC[C@H](C(=O)O)C1. The molecule has 1 heterocycles. The smallest absolute Gasteiger partial charge is 0.308 e. The molecular weight excluding hydrogens is 182 g/mol. The summed E-state index contributed by atoms with van der Waals surface area (Å²) in [7, 11) is 0. The van der Waals surface area contributed by atoms with Gasteiger partial charge in [0.1, 0.15) is 0 Å². The van der Waals surface area contributed by atoms with Crippen LogP contribution in [0.2, 0.25) is 0 Å². The molecule has 4 heteroatoms. The molecule has 14 heavy (non-hydrogen) atoms. The summed E-state index contributed by atoms with van der Waals surface area (Å²) in [5, 5.41) is 8.78. The Morgan fingerprint density at radius 2 is 1.93 bits per heavy atom. The van der Waals surface area contributed by atoms with E-state index in [0.717, 1.165) is 0 Å². The summed E-state index contributed by atoms with van der Waals surface area (Å²) in [6.07, 6.45) is 0.581. The Morgan fingerprint density at radius 1 is 1.36 bits per heavy atom. The maximum absolute atomic E-state index is 11.8. The van der Waals surface area contributed by atoms with Gasteiger partial charge in [-0.05, 0) is 6.42 Å². The number of likely N-dealkylation sites (tertiary alicyclic amines) is 1. The summed E-state index contributed by atoms with van der Waals surface area (Å²) < 4.78 is 0. The van der Waals surface area contributed by atoms with Crippen molar-refractivity contribution in [1.29, 1.82) is 0 Å². The number of carbonyl (C=O) groups is 2. The van der Waals surface area contributed by atoms with Crippen LogP contribution in [0.3, 0.4) is 0 Å². The molecule has 0 spiro atoms. The third kappa shape index (κ3) is 2.25. The van der Waals surface area contributed by atoms with Crippen LogP contribution >= 0.6 is 0 Å². The summed E-state index contributed by atoms with van der Waals surface area (Å²) in [5.41, 5.74) is -0.409. The van der Waals surface area contributed by atoms with E-state index >= 15 is 0 Å². The van der Waals surface area contributed by atoms with E-state index < -0.39 is 11.4 Å². The largest absolute Gasteiger partial charge is 0.481 e. The van der Waals surface area contributed by atoms with Crippen molar-refractivity contribution >= 4 is 11.9 Å². The Kier molecular flexibility index (Phi) is 2.83. The van der Waals surface area contributed by atoms with E-state index in [9.17, 15) is 9.59 Å². The molecule has 1 saturated heterocycles. The Bertz CT molecular complexity index is 255. The highest BCUT2D eigenvalue weighted by Gasteiger charge is 2.35. The first kappa shape index (κ1) is 11.0. The van der Waals surface area contributed by atoms with Crippen molar-refractivity contribution in [2.24, 2.45) is 11.3 Å². The van der Waals surface area contributed by atoms with Gasteiger partial charge in [-0.1, -0.05) is 20.8 Å². The average molecular weight is 199 g/mol. The summed E-state index contributed by atoms with van der Waals surface area (Å²) >= 11 is 0. The molecule has 1 amide bonds. The second kappa shape index (κ2) is 3.59. The lowest BCUT2D eigenvalue weighted by Crippen LogP contribution is -2.38. The van der Waals surface area contributed by atoms with E-state index in [-0.39, 0.29) is 11.8 Å². The van der Waals surface area contributed by atoms with Crippen molar-refractivity contribution in [2.75, 3.05) is 13.1 Å². The zero-order valence-corrected chi connectivity index (χ0v) is 8.91. The van der Waals surface area contributed by atoms with Crippen LogP contribution in [-0.2, 0) is 9.59 Å². The fourth-order valence-electron chi connectivity index (χ4n) is 1.62. The van der Waals surface area contributed by atoms with Crippen molar-refractivity contribution in [3.63, 3.8) is 0 Å². The number of carboxylic acids is 1. The monoisotopic (exact) mass is 199 g/mol. The average Bonchev–Trinajstić information content (AvgIpc) is 2.48. The van der Waals surface area contributed by atoms with Crippen molar-refractivity contribution in [3.05, 3.63) is 0 Å². The predicted molar refractivity (Wildman–Crippen MR) is 51.8 cm³/mol. The minimum Gasteiger partial charge on any atom is -0.481 e. The molecule has 1 aliphatic heterocycles. The van der Waals surface area contributed by atoms with Crippen LogP contribution in [0.15, 0.2) is 0 Å². The number of aliphatic carboxylic acids is 1. The predicted octanol–water partition coefficient (Wildman–Crippen LogP) is 0.966. The van der Waals surface area contributed by atoms with Gasteiger partial charge in [-0.2, -0.15) is 0 Å². The second-order valence-electron chi connectivity index (χ2n) is 4.83. The second-order valence-corrected chi connectivity index (χ2v) is 4.83. The highest BCUT2D eigenvalue weighted by Crippen LogP contribution is 2.23. The van der Waals surface area contributed by atoms with Gasteiger partial charge in [0.2, 0.25) is 5.91 Å². The molecule has 0 unspecified atom stereocenters. The van der Waals surface area contributed by atoms with Crippen LogP contribution in [0.25, 0.3) is 0 Å². The molecular formula is C10H17NO3. The molecule has 0 aliphatic carbocycles. The number of hydrogen-bond donors (Lipinski definition) is 1. The van der Waals surface area contributed by atoms with Crippen LogP contribution in [0.4, 0.5) is 0 Å². The van der Waals surface area contributed by atoms with Gasteiger partial charge >= 0.3 is 5.97 Å². The highest BCUT2D eigenvalue weighted by atomic mass is 16.4. The molecule has 80 valence electrons. The molecule has 1 atom stereocenters. The third-order valence-corrected chi connectivity index (χ3v) is 2.47. The van der Waals surface area contributed by atoms with Gasteiger partial charge < -0.3 is 10.0 Å². The molecule has 4 nitrogen and oxygen atoms in total. The number of amides is 1. The first-order chi connectivity index (χ1) is 6.32. The standard InChI is InChI=1S/C10H17NO3/c1-10(2,3)9(14)11-5-4-7(6-11)8(12)13/h7H,4-6H2,1-3H3,(H,12,13)/t7-/m0/s1. The number of nitrogens with zero attached hydrogens (tertiary/aromatic N) is 1. The van der Waals surface area contributed by atoms with Crippen LogP contribution in [0, 0.1) is 11.3 Å². The van der Waals surface area contributed by atoms with Gasteiger partial charge in [-0.15, -0.1) is 0 Å². The van der Waals surface area contributed by atoms with Gasteiger partial charge in [0.05, 0.1) is 5.92 Å². The minimum absolute atomic E-state index is 0.0428. The van der Waals surface area contributed by atoms with E-state index in [2.05, 4.69) is 0 Å². The summed E-state index contributed by atoms with van der Waals surface area (Å²) in [4.78, 5) is 24.1. The van der Waals surface area contributed by atoms with Crippen molar-refractivity contribution in [1.82, 2.24) is 4.90 Å². The Hall–Kier alpha value is -1.06. The highest BCUT2D eigenvalue weighted by molar-refractivity contribution is 5.83. The van der Waals surface area contributed by atoms with Gasteiger partial charge in [0.25, 0.3) is 0 Å². The summed E-state index contributed by atoms with van der Waals surface area (Å²) in [6, 6.07) is 0. The first-order valence-electron chi connectivity index (χ1n) is 4.84. The number of rotatable bonds is 1. The maximum Gasteiger partial charge on any atom is 0.308 e. The fraction of sp³-hybridized carbons (Fsp3) is 0.800. The Morgan fingerprint density at radius 3 is 2.29 bits per heavy atom. The lowest BCUT2D eigenvalue weighted by atomic mass is 9.95. The van der Waals surface area contributed by atoms with Gasteiger partial charge in [0, 0.05) is 18.5 Å². The van der Waals surface area contributed by atoms with Crippen molar-refractivity contribution < 1.29 is 14.7 Å². The molecule has 1 fully saturated rings. The van der Waals surface area contributed by atoms with Gasteiger partial charge in [0.15, 0.2) is 0 Å². The van der Waals surface area contributed by atoms with Crippen LogP contribution in [-0.4, -0.2) is 35.0 Å². The number of carboxylic acid groups (broad SMARTS) is 1. The lowest BCUT2D eigenvalue weighted by Gasteiger charge is -2.25. The third-order valence-electron chi connectivity index (χ3n) is 2.47. The van der Waals surface area contributed by atoms with E-state index in [4.69, 9.17) is 5.11 Å². The fourth-order valence-corrected chi connectivity index (χ4v) is 1.62. The summed E-state index contributed by atoms with van der Waals surface area (Å²) in [5.74, 6) is -1.13. The van der Waals surface area contributed by atoms with E-state index in [0.29, 0.717) is 19.5 Å². The van der Waals surface area contributed by atoms with Crippen molar-refractivity contribution in [2.45, 2.75) is 27.2 Å². The first-order valence-corrected chi connectivity index (χ1v) is 4.84. The van der Waals surface area contributed by atoms with Gasteiger partial charge in [-0.3, -0.25) is 9.59 Å². The van der Waals surface area contributed by atoms with Crippen LogP contribution < -0.4 is 0 Å². The normalized spacial score (nSPS) is 22.5. The molecule has 0 aromatic heterocycles. The van der Waals surface area contributed by atoms with Crippen LogP contribution in [0.1, 0.15) is 27.2 Å². The van der Waals surface area contributed by atoms with Gasteiger partial charge in [-0.25, -0.2) is 0 Å². The van der Waals surface area contributed by atoms with E-state index in [1.54, 1.807) is 4.90 Å². The Labute approximate surface area is 83.9 Å². The molecule has 1 rings (SSSR count). The summed E-state index contributed by atoms with van der Waals surface area (Å²) in [6.45, 7) is 6.49. The molecule has 1 aliphatic rings. The minimum atomic E-state index is -0.797. The molecule has 0 aromatic rings. The zero-order valence-electron chi connectivity index (χ0n) is 8.91. The van der Waals surface area contributed by atoms with E-state index in [1.165, 1.54) is 0 Å². The Balaban J connectivity index is 2.59. The molecule has 0 radical (unpaired) electrons. The lowest BCUT2D eigenvalue weighted by molar-refractivity contribution is -0.142. The quantitative estimate of drug-likeness (QED) is 0.684. The van der Waals surface area contributed by atoms with Crippen LogP contribution in [0.5, 0.6) is 0 Å². The molecule has 0 bridgehead atoms. The zero-order chi connectivity index (χ0) is 10.9. The topological polar surface area (TPSA) is 57.6 Å². The number of hydrogen-bond acceptors (Lipinski definition) is 2. The maximum atomic E-state index is 11.8. The molecule has 0 aromatic carbocycles. The van der Waals surface area contributed by atoms with E-state index in [1.807, 2.05) is 20.8 Å². The van der Waals surface area contributed by atoms with Crippen molar-refractivity contribution in [3.8, 4) is 0 Å².